The largest absolute Gasteiger partial charge is 0.328 e. The van der Waals surface area contributed by atoms with Crippen molar-refractivity contribution >= 4 is 11.8 Å². The summed E-state index contributed by atoms with van der Waals surface area (Å²) in [6, 6.07) is 4.39. The van der Waals surface area contributed by atoms with E-state index < -0.39 is 0 Å². The van der Waals surface area contributed by atoms with Gasteiger partial charge in [-0.25, -0.2) is 4.98 Å². The van der Waals surface area contributed by atoms with Gasteiger partial charge in [0.25, 0.3) is 0 Å². The first-order chi connectivity index (χ1) is 6.58. The zero-order valence-electron chi connectivity index (χ0n) is 9.03. The third-order valence-corrected chi connectivity index (χ3v) is 2.67. The lowest BCUT2D eigenvalue weighted by Gasteiger charge is -2.06. The molecule has 1 atom stereocenters. The quantitative estimate of drug-likeness (QED) is 0.776. The van der Waals surface area contributed by atoms with Crippen molar-refractivity contribution in [3.05, 3.63) is 23.9 Å². The first-order valence-electron chi connectivity index (χ1n) is 4.95. The number of aromatic nitrogens is 1. The molecule has 0 aliphatic heterocycles. The van der Waals surface area contributed by atoms with Gasteiger partial charge in [0.05, 0.1) is 5.03 Å². The van der Waals surface area contributed by atoms with E-state index in [4.69, 9.17) is 5.73 Å². The van der Waals surface area contributed by atoms with Gasteiger partial charge in [-0.3, -0.25) is 0 Å². The fraction of sp³-hybridized carbons (Fsp3) is 0.545. The van der Waals surface area contributed by atoms with Crippen LogP contribution in [-0.4, -0.2) is 16.3 Å². The SMILES string of the molecule is CC(N)Cc1ccc(SC(C)C)nc1. The van der Waals surface area contributed by atoms with Crippen LogP contribution in [0, 0.1) is 0 Å². The molecule has 1 rings (SSSR count). The molecule has 14 heavy (non-hydrogen) atoms. The average molecular weight is 210 g/mol. The van der Waals surface area contributed by atoms with Crippen molar-refractivity contribution in [3.63, 3.8) is 0 Å². The van der Waals surface area contributed by atoms with E-state index in [2.05, 4.69) is 31.0 Å². The predicted molar refractivity (Wildman–Crippen MR) is 62.6 cm³/mol. The molecule has 0 aliphatic carbocycles. The summed E-state index contributed by atoms with van der Waals surface area (Å²) in [7, 11) is 0. The molecule has 0 saturated heterocycles. The first-order valence-corrected chi connectivity index (χ1v) is 5.83. The summed E-state index contributed by atoms with van der Waals surface area (Å²) >= 11 is 1.78. The van der Waals surface area contributed by atoms with Crippen molar-refractivity contribution in [2.45, 2.75) is 43.5 Å². The Balaban J connectivity index is 2.59. The molecule has 1 aromatic rings. The number of hydrogen-bond acceptors (Lipinski definition) is 3. The molecular formula is C11H18N2S. The van der Waals surface area contributed by atoms with Gasteiger partial charge in [-0.2, -0.15) is 0 Å². The molecule has 0 aliphatic rings. The molecule has 0 saturated carbocycles. The van der Waals surface area contributed by atoms with Crippen LogP contribution in [0.15, 0.2) is 23.4 Å². The monoisotopic (exact) mass is 210 g/mol. The molecule has 1 unspecified atom stereocenters. The van der Waals surface area contributed by atoms with Crippen LogP contribution in [-0.2, 0) is 6.42 Å². The van der Waals surface area contributed by atoms with Crippen LogP contribution in [0.25, 0.3) is 0 Å². The van der Waals surface area contributed by atoms with Gasteiger partial charge in [-0.05, 0) is 25.0 Å². The van der Waals surface area contributed by atoms with Gasteiger partial charge in [-0.1, -0.05) is 19.9 Å². The Bertz CT molecular complexity index is 238. The van der Waals surface area contributed by atoms with Crippen molar-refractivity contribution in [1.82, 2.24) is 4.98 Å². The van der Waals surface area contributed by atoms with E-state index in [0.717, 1.165) is 11.4 Å². The molecule has 0 spiro atoms. The van der Waals surface area contributed by atoms with Crippen LogP contribution in [0.3, 0.4) is 0 Å². The van der Waals surface area contributed by atoms with Crippen LogP contribution in [0.5, 0.6) is 0 Å². The van der Waals surface area contributed by atoms with Crippen LogP contribution >= 0.6 is 11.8 Å². The fourth-order valence-electron chi connectivity index (χ4n) is 1.21. The van der Waals surface area contributed by atoms with Gasteiger partial charge in [0.15, 0.2) is 0 Å². The van der Waals surface area contributed by atoms with Gasteiger partial charge in [0.1, 0.15) is 0 Å². The Kier molecular flexibility index (Phi) is 4.42. The molecule has 0 bridgehead atoms. The zero-order valence-corrected chi connectivity index (χ0v) is 9.84. The summed E-state index contributed by atoms with van der Waals surface area (Å²) in [5, 5.41) is 1.68. The molecule has 78 valence electrons. The van der Waals surface area contributed by atoms with Crippen LogP contribution in [0.4, 0.5) is 0 Å². The molecule has 0 radical (unpaired) electrons. The highest BCUT2D eigenvalue weighted by Gasteiger charge is 2.01. The van der Waals surface area contributed by atoms with Crippen molar-refractivity contribution in [2.24, 2.45) is 5.73 Å². The minimum Gasteiger partial charge on any atom is -0.328 e. The Hall–Kier alpha value is -0.540. The Morgan fingerprint density at radius 1 is 1.36 bits per heavy atom. The maximum absolute atomic E-state index is 5.71. The summed E-state index contributed by atoms with van der Waals surface area (Å²) in [5.74, 6) is 0. The van der Waals surface area contributed by atoms with E-state index in [-0.39, 0.29) is 6.04 Å². The van der Waals surface area contributed by atoms with Crippen molar-refractivity contribution in [2.75, 3.05) is 0 Å². The molecule has 1 aromatic heterocycles. The summed E-state index contributed by atoms with van der Waals surface area (Å²) < 4.78 is 0. The van der Waals surface area contributed by atoms with E-state index in [1.807, 2.05) is 13.1 Å². The van der Waals surface area contributed by atoms with E-state index in [1.54, 1.807) is 11.8 Å². The van der Waals surface area contributed by atoms with Gasteiger partial charge >= 0.3 is 0 Å². The summed E-state index contributed by atoms with van der Waals surface area (Å²) in [6.45, 7) is 6.35. The fourth-order valence-corrected chi connectivity index (χ4v) is 1.96. The molecule has 1 heterocycles. The highest BCUT2D eigenvalue weighted by atomic mass is 32.2. The molecule has 3 heteroatoms. The minimum absolute atomic E-state index is 0.209. The van der Waals surface area contributed by atoms with Crippen molar-refractivity contribution in [3.8, 4) is 0 Å². The van der Waals surface area contributed by atoms with Crippen molar-refractivity contribution < 1.29 is 0 Å². The summed E-state index contributed by atoms with van der Waals surface area (Å²) in [6.07, 6.45) is 2.83. The number of thioether (sulfide) groups is 1. The standard InChI is InChI=1S/C11H18N2S/c1-8(2)14-11-5-4-10(7-13-11)6-9(3)12/h4-5,7-9H,6,12H2,1-3H3. The summed E-state index contributed by atoms with van der Waals surface area (Å²) in [4.78, 5) is 4.38. The zero-order chi connectivity index (χ0) is 10.6. The second-order valence-corrected chi connectivity index (χ2v) is 5.45. The lowest BCUT2D eigenvalue weighted by molar-refractivity contribution is 0.734. The van der Waals surface area contributed by atoms with E-state index in [0.29, 0.717) is 5.25 Å². The normalized spacial score (nSPS) is 13.2. The first kappa shape index (κ1) is 11.5. The van der Waals surface area contributed by atoms with E-state index >= 15 is 0 Å². The van der Waals surface area contributed by atoms with Crippen LogP contribution < -0.4 is 5.73 Å². The molecule has 0 amide bonds. The molecule has 2 nitrogen and oxygen atoms in total. The predicted octanol–water partition coefficient (Wildman–Crippen LogP) is 2.47. The number of nitrogens with two attached hydrogens (primary N) is 1. The Labute approximate surface area is 90.3 Å². The maximum Gasteiger partial charge on any atom is 0.0962 e. The van der Waals surface area contributed by atoms with E-state index in [9.17, 15) is 0 Å². The Morgan fingerprint density at radius 2 is 2.07 bits per heavy atom. The second-order valence-electron chi connectivity index (χ2n) is 3.85. The van der Waals surface area contributed by atoms with Crippen LogP contribution in [0.2, 0.25) is 0 Å². The highest BCUT2D eigenvalue weighted by Crippen LogP contribution is 2.20. The van der Waals surface area contributed by atoms with Gasteiger partial charge in [0.2, 0.25) is 0 Å². The van der Waals surface area contributed by atoms with Crippen molar-refractivity contribution in [1.29, 1.82) is 0 Å². The molecule has 0 fully saturated rings. The van der Waals surface area contributed by atoms with Gasteiger partial charge < -0.3 is 5.73 Å². The van der Waals surface area contributed by atoms with E-state index in [1.165, 1.54) is 5.56 Å². The molecule has 0 aromatic carbocycles. The number of nitrogens with zero attached hydrogens (tertiary/aromatic N) is 1. The number of hydrogen-bond donors (Lipinski definition) is 1. The average Bonchev–Trinajstić information content (AvgIpc) is 2.06. The van der Waals surface area contributed by atoms with Crippen LogP contribution in [0.1, 0.15) is 26.3 Å². The number of pyridine rings is 1. The Morgan fingerprint density at radius 3 is 2.50 bits per heavy atom. The number of rotatable bonds is 4. The topological polar surface area (TPSA) is 38.9 Å². The smallest absolute Gasteiger partial charge is 0.0962 e. The minimum atomic E-state index is 0.209. The van der Waals surface area contributed by atoms with Gasteiger partial charge in [0, 0.05) is 17.5 Å². The second kappa shape index (κ2) is 5.37. The lowest BCUT2D eigenvalue weighted by Crippen LogP contribution is -2.17. The summed E-state index contributed by atoms with van der Waals surface area (Å²) in [5.41, 5.74) is 6.93. The van der Waals surface area contributed by atoms with Gasteiger partial charge in [-0.15, -0.1) is 11.8 Å². The lowest BCUT2D eigenvalue weighted by atomic mass is 10.1. The molecular weight excluding hydrogens is 192 g/mol. The third kappa shape index (κ3) is 4.11. The molecule has 2 N–H and O–H groups in total. The third-order valence-electron chi connectivity index (χ3n) is 1.71. The highest BCUT2D eigenvalue weighted by molar-refractivity contribution is 7.99. The maximum atomic E-state index is 5.71.